The number of hydrogen-bond donors (Lipinski definition) is 2. The molecule has 2 N–H and O–H groups in total. The van der Waals surface area contributed by atoms with Gasteiger partial charge in [-0.1, -0.05) is 6.07 Å². The first-order valence-electron chi connectivity index (χ1n) is 6.35. The number of hydrogen-bond acceptors (Lipinski definition) is 4. The van der Waals surface area contributed by atoms with Gasteiger partial charge in [-0.05, 0) is 18.4 Å². The third-order valence-electron chi connectivity index (χ3n) is 3.00. The third kappa shape index (κ3) is 3.84. The zero-order valence-electron chi connectivity index (χ0n) is 11.2. The number of nitrogens with zero attached hydrogens (tertiary/aromatic N) is 2. The van der Waals surface area contributed by atoms with Crippen LogP contribution < -0.4 is 10.1 Å². The minimum absolute atomic E-state index is 0.0556. The molecule has 20 heavy (non-hydrogen) atoms. The van der Waals surface area contributed by atoms with Gasteiger partial charge in [-0.2, -0.15) is 0 Å². The standard InChI is InChI=1S/C13H17N3O4/c1-20-11-5-2-9(6-14-11)7-15-13(19)16(8-12(17)18)10-3-4-10/h2,5-6,10H,3-4,7-8H2,1H3,(H,15,19)(H,17,18). The Labute approximate surface area is 116 Å². The average molecular weight is 279 g/mol. The molecule has 0 spiro atoms. The molecule has 1 aromatic rings. The van der Waals surface area contributed by atoms with Crippen LogP contribution in [0.2, 0.25) is 0 Å². The fraction of sp³-hybridized carbons (Fsp3) is 0.462. The molecule has 1 aliphatic rings. The lowest BCUT2D eigenvalue weighted by molar-refractivity contribution is -0.137. The molecule has 0 atom stereocenters. The molecule has 0 saturated heterocycles. The van der Waals surface area contributed by atoms with E-state index in [1.54, 1.807) is 18.3 Å². The number of amides is 2. The molecule has 1 saturated carbocycles. The maximum Gasteiger partial charge on any atom is 0.323 e. The molecule has 1 fully saturated rings. The van der Waals surface area contributed by atoms with Crippen LogP contribution in [0.3, 0.4) is 0 Å². The molecular weight excluding hydrogens is 262 g/mol. The van der Waals surface area contributed by atoms with Gasteiger partial charge in [0, 0.05) is 24.8 Å². The van der Waals surface area contributed by atoms with E-state index in [0.29, 0.717) is 12.4 Å². The predicted molar refractivity (Wildman–Crippen MR) is 70.4 cm³/mol. The topological polar surface area (TPSA) is 91.8 Å². The maximum absolute atomic E-state index is 12.0. The number of ether oxygens (including phenoxy) is 1. The summed E-state index contributed by atoms with van der Waals surface area (Å²) in [6, 6.07) is 3.20. The van der Waals surface area contributed by atoms with Crippen LogP contribution in [0.5, 0.6) is 5.88 Å². The van der Waals surface area contributed by atoms with Crippen LogP contribution in [-0.4, -0.2) is 46.7 Å². The Kier molecular flexibility index (Phi) is 4.39. The molecule has 7 heteroatoms. The van der Waals surface area contributed by atoms with E-state index in [1.165, 1.54) is 12.0 Å². The van der Waals surface area contributed by atoms with Crippen LogP contribution in [0.4, 0.5) is 4.79 Å². The smallest absolute Gasteiger partial charge is 0.323 e. The SMILES string of the molecule is COc1ccc(CNC(=O)N(CC(=O)O)C2CC2)cn1. The number of carboxylic acid groups (broad SMARTS) is 1. The lowest BCUT2D eigenvalue weighted by Gasteiger charge is -2.20. The Morgan fingerprint density at radius 2 is 2.25 bits per heavy atom. The molecule has 0 bridgehead atoms. The maximum atomic E-state index is 12.0. The first-order chi connectivity index (χ1) is 9.60. The van der Waals surface area contributed by atoms with Gasteiger partial charge in [0.2, 0.25) is 5.88 Å². The molecule has 108 valence electrons. The van der Waals surface area contributed by atoms with Crippen LogP contribution in [-0.2, 0) is 11.3 Å². The largest absolute Gasteiger partial charge is 0.481 e. The zero-order chi connectivity index (χ0) is 14.5. The van der Waals surface area contributed by atoms with Gasteiger partial charge >= 0.3 is 12.0 Å². The van der Waals surface area contributed by atoms with Crippen molar-refractivity contribution in [2.24, 2.45) is 0 Å². The molecule has 0 aromatic carbocycles. The first kappa shape index (κ1) is 14.1. The highest BCUT2D eigenvalue weighted by molar-refractivity contribution is 5.80. The number of carboxylic acids is 1. The first-order valence-corrected chi connectivity index (χ1v) is 6.35. The molecule has 1 aromatic heterocycles. The second kappa shape index (κ2) is 6.23. The minimum atomic E-state index is -1.00. The number of rotatable bonds is 6. The molecule has 0 radical (unpaired) electrons. The van der Waals surface area contributed by atoms with Crippen molar-refractivity contribution in [3.05, 3.63) is 23.9 Å². The van der Waals surface area contributed by atoms with E-state index in [2.05, 4.69) is 10.3 Å². The third-order valence-corrected chi connectivity index (χ3v) is 3.00. The summed E-state index contributed by atoms with van der Waals surface area (Å²) in [5.41, 5.74) is 0.824. The predicted octanol–water partition coefficient (Wildman–Crippen LogP) is 0.849. The van der Waals surface area contributed by atoms with Gasteiger partial charge in [0.1, 0.15) is 6.54 Å². The summed E-state index contributed by atoms with van der Waals surface area (Å²) in [5.74, 6) is -0.497. The number of urea groups is 1. The van der Waals surface area contributed by atoms with E-state index in [1.807, 2.05) is 0 Å². The van der Waals surface area contributed by atoms with E-state index < -0.39 is 5.97 Å². The van der Waals surface area contributed by atoms with Crippen molar-refractivity contribution >= 4 is 12.0 Å². The van der Waals surface area contributed by atoms with Crippen LogP contribution >= 0.6 is 0 Å². The van der Waals surface area contributed by atoms with E-state index in [9.17, 15) is 9.59 Å². The normalized spacial score (nSPS) is 13.7. The second-order valence-electron chi connectivity index (χ2n) is 4.62. The fourth-order valence-corrected chi connectivity index (χ4v) is 1.81. The van der Waals surface area contributed by atoms with E-state index >= 15 is 0 Å². The quantitative estimate of drug-likeness (QED) is 0.805. The Balaban J connectivity index is 1.87. The van der Waals surface area contributed by atoms with Crippen molar-refractivity contribution in [3.8, 4) is 5.88 Å². The van der Waals surface area contributed by atoms with Gasteiger partial charge in [0.15, 0.2) is 0 Å². The summed E-state index contributed by atoms with van der Waals surface area (Å²) >= 11 is 0. The summed E-state index contributed by atoms with van der Waals surface area (Å²) in [4.78, 5) is 28.1. The van der Waals surface area contributed by atoms with Crippen molar-refractivity contribution in [2.75, 3.05) is 13.7 Å². The van der Waals surface area contributed by atoms with Gasteiger partial charge in [-0.15, -0.1) is 0 Å². The van der Waals surface area contributed by atoms with Crippen molar-refractivity contribution in [3.63, 3.8) is 0 Å². The molecule has 2 amide bonds. The molecule has 2 rings (SSSR count). The van der Waals surface area contributed by atoms with Gasteiger partial charge in [-0.3, -0.25) is 4.79 Å². The van der Waals surface area contributed by atoms with Crippen LogP contribution in [0.15, 0.2) is 18.3 Å². The van der Waals surface area contributed by atoms with Crippen molar-refractivity contribution in [1.82, 2.24) is 15.2 Å². The Morgan fingerprint density at radius 1 is 1.50 bits per heavy atom. The zero-order valence-corrected chi connectivity index (χ0v) is 11.2. The van der Waals surface area contributed by atoms with Crippen LogP contribution in [0.1, 0.15) is 18.4 Å². The van der Waals surface area contributed by atoms with Crippen molar-refractivity contribution < 1.29 is 19.4 Å². The fourth-order valence-electron chi connectivity index (χ4n) is 1.81. The summed E-state index contributed by atoms with van der Waals surface area (Å²) in [5, 5.41) is 11.5. The Bertz CT molecular complexity index is 485. The summed E-state index contributed by atoms with van der Waals surface area (Å²) in [7, 11) is 1.53. The lowest BCUT2D eigenvalue weighted by Crippen LogP contribution is -2.43. The molecule has 7 nitrogen and oxygen atoms in total. The monoisotopic (exact) mass is 279 g/mol. The van der Waals surface area contributed by atoms with Crippen LogP contribution in [0.25, 0.3) is 0 Å². The minimum Gasteiger partial charge on any atom is -0.481 e. The number of aromatic nitrogens is 1. The summed E-state index contributed by atoms with van der Waals surface area (Å²) in [6.07, 6.45) is 3.34. The highest BCUT2D eigenvalue weighted by Gasteiger charge is 2.33. The highest BCUT2D eigenvalue weighted by Crippen LogP contribution is 2.26. The number of methoxy groups -OCH3 is 1. The number of carbonyl (C=O) groups is 2. The van der Waals surface area contributed by atoms with E-state index in [0.717, 1.165) is 18.4 Å². The highest BCUT2D eigenvalue weighted by atomic mass is 16.5. The second-order valence-corrected chi connectivity index (χ2v) is 4.62. The molecule has 0 aliphatic heterocycles. The van der Waals surface area contributed by atoms with Gasteiger partial charge in [0.25, 0.3) is 0 Å². The van der Waals surface area contributed by atoms with E-state index in [4.69, 9.17) is 9.84 Å². The number of aliphatic carboxylic acids is 1. The Hall–Kier alpha value is -2.31. The van der Waals surface area contributed by atoms with Crippen molar-refractivity contribution in [1.29, 1.82) is 0 Å². The van der Waals surface area contributed by atoms with Crippen LogP contribution in [0, 0.1) is 0 Å². The van der Waals surface area contributed by atoms with Crippen molar-refractivity contribution in [2.45, 2.75) is 25.4 Å². The number of nitrogens with one attached hydrogen (secondary N) is 1. The number of carbonyl (C=O) groups excluding carboxylic acids is 1. The average Bonchev–Trinajstić information content (AvgIpc) is 3.27. The summed E-state index contributed by atoms with van der Waals surface area (Å²) < 4.78 is 4.94. The molecule has 1 heterocycles. The van der Waals surface area contributed by atoms with E-state index in [-0.39, 0.29) is 18.6 Å². The Morgan fingerprint density at radius 3 is 2.75 bits per heavy atom. The number of pyridine rings is 1. The van der Waals surface area contributed by atoms with Gasteiger partial charge in [-0.25, -0.2) is 9.78 Å². The molecular formula is C13H17N3O4. The summed E-state index contributed by atoms with van der Waals surface area (Å²) in [6.45, 7) is 0.0377. The lowest BCUT2D eigenvalue weighted by atomic mass is 10.3. The van der Waals surface area contributed by atoms with Gasteiger partial charge < -0.3 is 20.1 Å². The van der Waals surface area contributed by atoms with Gasteiger partial charge in [0.05, 0.1) is 7.11 Å². The molecule has 1 aliphatic carbocycles. The molecule has 0 unspecified atom stereocenters.